The number of imidazole rings is 1. The Kier molecular flexibility index (Phi) is 9.25. The number of hydrogen-bond acceptors (Lipinski definition) is 4. The predicted octanol–water partition coefficient (Wildman–Crippen LogP) is 4.86. The van der Waals surface area contributed by atoms with Crippen LogP contribution in [0.25, 0.3) is 11.8 Å². The van der Waals surface area contributed by atoms with E-state index in [1.165, 1.54) is 18.2 Å². The Morgan fingerprint density at radius 3 is 2.22 bits per heavy atom. The molecular formula is C23H19F6N3O4. The number of carbonyl (C=O) groups excluding carboxylic acids is 1. The van der Waals surface area contributed by atoms with E-state index in [0.717, 1.165) is 23.4 Å². The Hall–Kier alpha value is -4.29. The number of carboxylic acid groups (broad SMARTS) is 1. The number of aromatic nitrogens is 2. The molecule has 0 aliphatic rings. The zero-order valence-corrected chi connectivity index (χ0v) is 18.5. The molecule has 0 aliphatic heterocycles. The molecule has 1 amide bonds. The third-order valence-electron chi connectivity index (χ3n) is 4.40. The topological polar surface area (TPSA) is 93.5 Å². The smallest absolute Gasteiger partial charge is 0.490 e. The number of nitrogens with zero attached hydrogens (tertiary/aromatic N) is 2. The minimum atomic E-state index is -5.08. The van der Waals surface area contributed by atoms with Gasteiger partial charge >= 0.3 is 18.3 Å². The molecule has 0 fully saturated rings. The number of nitrogens with one attached hydrogen (secondary N) is 1. The molecule has 0 atom stereocenters. The van der Waals surface area contributed by atoms with Crippen molar-refractivity contribution < 1.29 is 45.8 Å². The lowest BCUT2D eigenvalue weighted by Crippen LogP contribution is -2.21. The van der Waals surface area contributed by atoms with Crippen molar-refractivity contribution in [2.24, 2.45) is 0 Å². The van der Waals surface area contributed by atoms with Crippen molar-refractivity contribution in [2.75, 3.05) is 7.11 Å². The number of carboxylic acids is 1. The number of ether oxygens (including phenoxy) is 1. The van der Waals surface area contributed by atoms with Gasteiger partial charge in [-0.25, -0.2) is 9.78 Å². The van der Waals surface area contributed by atoms with Crippen LogP contribution in [0.5, 0.6) is 5.75 Å². The second-order valence-electron chi connectivity index (χ2n) is 6.95. The number of rotatable bonds is 6. The van der Waals surface area contributed by atoms with Crippen molar-refractivity contribution in [3.05, 3.63) is 84.0 Å². The molecule has 1 aromatic heterocycles. The minimum absolute atomic E-state index is 0.129. The largest absolute Gasteiger partial charge is 0.495 e. The van der Waals surface area contributed by atoms with E-state index < -0.39 is 23.9 Å². The van der Waals surface area contributed by atoms with Gasteiger partial charge in [-0.15, -0.1) is 0 Å². The Labute approximate surface area is 200 Å². The monoisotopic (exact) mass is 515 g/mol. The lowest BCUT2D eigenvalue weighted by molar-refractivity contribution is -0.192. The molecule has 3 aromatic rings. The maximum absolute atomic E-state index is 12.6. The average molecular weight is 515 g/mol. The molecule has 0 spiro atoms. The summed E-state index contributed by atoms with van der Waals surface area (Å²) >= 11 is 0. The molecular weight excluding hydrogens is 496 g/mol. The first-order valence-corrected chi connectivity index (χ1v) is 9.90. The van der Waals surface area contributed by atoms with Crippen LogP contribution in [-0.4, -0.2) is 39.8 Å². The molecule has 0 aliphatic carbocycles. The van der Waals surface area contributed by atoms with Gasteiger partial charge in [-0.3, -0.25) is 4.79 Å². The van der Waals surface area contributed by atoms with Crippen LogP contribution in [0.4, 0.5) is 26.3 Å². The summed E-state index contributed by atoms with van der Waals surface area (Å²) in [7, 11) is 1.56. The summed E-state index contributed by atoms with van der Waals surface area (Å²) in [4.78, 5) is 24.9. The van der Waals surface area contributed by atoms with E-state index in [-0.39, 0.29) is 12.5 Å². The van der Waals surface area contributed by atoms with Crippen LogP contribution in [0.1, 0.15) is 16.7 Å². The average Bonchev–Trinajstić information content (AvgIpc) is 3.35. The van der Waals surface area contributed by atoms with Gasteiger partial charge in [-0.2, -0.15) is 26.3 Å². The fourth-order valence-corrected chi connectivity index (χ4v) is 2.64. The first-order valence-electron chi connectivity index (χ1n) is 9.90. The van der Waals surface area contributed by atoms with Gasteiger partial charge in [0.15, 0.2) is 0 Å². The molecule has 2 N–H and O–H groups in total. The van der Waals surface area contributed by atoms with Gasteiger partial charge in [0.2, 0.25) is 5.91 Å². The van der Waals surface area contributed by atoms with Gasteiger partial charge in [0.05, 0.1) is 24.7 Å². The van der Waals surface area contributed by atoms with E-state index in [1.807, 2.05) is 16.7 Å². The standard InChI is InChI=1S/C21H18F3N3O2.C2HF3O2/c1-29-19-12-15(4-8-18(19)27-11-10-25-14-27)5-9-20(28)26-13-16-2-6-17(7-3-16)21(22,23)24;3-2(4,5)1(6)7/h2-12,14H,13H2,1H3,(H,26,28);(H,6,7)/b9-5+;. The van der Waals surface area contributed by atoms with Crippen LogP contribution in [0.3, 0.4) is 0 Å². The summed E-state index contributed by atoms with van der Waals surface area (Å²) in [6, 6.07) is 10.1. The van der Waals surface area contributed by atoms with Gasteiger partial charge in [0.1, 0.15) is 5.75 Å². The lowest BCUT2D eigenvalue weighted by Gasteiger charge is -2.10. The normalized spacial score (nSPS) is 11.5. The second kappa shape index (κ2) is 11.9. The van der Waals surface area contributed by atoms with E-state index in [0.29, 0.717) is 11.3 Å². The highest BCUT2D eigenvalue weighted by Gasteiger charge is 2.38. The summed E-state index contributed by atoms with van der Waals surface area (Å²) in [6.45, 7) is 0.129. The third-order valence-corrected chi connectivity index (χ3v) is 4.40. The van der Waals surface area contributed by atoms with Gasteiger partial charge in [-0.1, -0.05) is 18.2 Å². The third kappa shape index (κ3) is 8.49. The number of methoxy groups -OCH3 is 1. The predicted molar refractivity (Wildman–Crippen MR) is 116 cm³/mol. The van der Waals surface area contributed by atoms with Gasteiger partial charge < -0.3 is 19.7 Å². The number of alkyl halides is 6. The molecule has 0 unspecified atom stereocenters. The zero-order valence-electron chi connectivity index (χ0n) is 18.5. The summed E-state index contributed by atoms with van der Waals surface area (Å²) in [6.07, 6.45) is -1.37. The Balaban J connectivity index is 0.000000572. The van der Waals surface area contributed by atoms with E-state index in [1.54, 1.807) is 38.0 Å². The SMILES string of the molecule is COc1cc(/C=C/C(=O)NCc2ccc(C(F)(F)F)cc2)ccc1-n1ccnc1.O=C(O)C(F)(F)F. The number of hydrogen-bond donors (Lipinski definition) is 2. The molecule has 13 heteroatoms. The van der Waals surface area contributed by atoms with Crippen LogP contribution < -0.4 is 10.1 Å². The van der Waals surface area contributed by atoms with Gasteiger partial charge in [0.25, 0.3) is 0 Å². The summed E-state index contributed by atoms with van der Waals surface area (Å²) in [5, 5.41) is 9.76. The van der Waals surface area contributed by atoms with Crippen LogP contribution >= 0.6 is 0 Å². The number of carbonyl (C=O) groups is 2. The number of aliphatic carboxylic acids is 1. The Bertz CT molecular complexity index is 1190. The van der Waals surface area contributed by atoms with Gasteiger partial charge in [0, 0.05) is 25.0 Å². The lowest BCUT2D eigenvalue weighted by atomic mass is 10.1. The fraction of sp³-hybridized carbons (Fsp3) is 0.174. The summed E-state index contributed by atoms with van der Waals surface area (Å²) in [5.41, 5.74) is 1.43. The maximum Gasteiger partial charge on any atom is 0.490 e. The summed E-state index contributed by atoms with van der Waals surface area (Å²) in [5.74, 6) is -2.50. The van der Waals surface area contributed by atoms with Crippen LogP contribution in [0, 0.1) is 0 Å². The highest BCUT2D eigenvalue weighted by atomic mass is 19.4. The fourth-order valence-electron chi connectivity index (χ4n) is 2.64. The zero-order chi connectivity index (χ0) is 26.9. The molecule has 2 aromatic carbocycles. The molecule has 36 heavy (non-hydrogen) atoms. The molecule has 0 radical (unpaired) electrons. The molecule has 0 saturated heterocycles. The van der Waals surface area contributed by atoms with E-state index >= 15 is 0 Å². The number of halogens is 6. The molecule has 0 saturated carbocycles. The summed E-state index contributed by atoms with van der Waals surface area (Å²) < 4.78 is 76.6. The van der Waals surface area contributed by atoms with Crippen LogP contribution in [0.2, 0.25) is 0 Å². The molecule has 0 bridgehead atoms. The van der Waals surface area contributed by atoms with E-state index in [2.05, 4.69) is 10.3 Å². The molecule has 7 nitrogen and oxygen atoms in total. The van der Waals surface area contributed by atoms with Crippen molar-refractivity contribution in [3.63, 3.8) is 0 Å². The number of benzene rings is 2. The van der Waals surface area contributed by atoms with Crippen molar-refractivity contribution in [1.82, 2.24) is 14.9 Å². The van der Waals surface area contributed by atoms with E-state index in [4.69, 9.17) is 14.6 Å². The highest BCUT2D eigenvalue weighted by molar-refractivity contribution is 5.91. The van der Waals surface area contributed by atoms with Gasteiger partial charge in [-0.05, 0) is 41.5 Å². The first kappa shape index (κ1) is 28.0. The van der Waals surface area contributed by atoms with Crippen LogP contribution in [0.15, 0.2) is 67.3 Å². The molecule has 1 heterocycles. The molecule has 192 valence electrons. The van der Waals surface area contributed by atoms with E-state index in [9.17, 15) is 31.1 Å². The quantitative estimate of drug-likeness (QED) is 0.361. The molecule has 3 rings (SSSR count). The van der Waals surface area contributed by atoms with Crippen LogP contribution in [-0.2, 0) is 22.3 Å². The maximum atomic E-state index is 12.6. The first-order chi connectivity index (χ1) is 16.8. The van der Waals surface area contributed by atoms with Crippen molar-refractivity contribution in [3.8, 4) is 11.4 Å². The second-order valence-corrected chi connectivity index (χ2v) is 6.95. The minimum Gasteiger partial charge on any atom is -0.495 e. The Morgan fingerprint density at radius 2 is 1.72 bits per heavy atom. The van der Waals surface area contributed by atoms with Crippen molar-refractivity contribution >= 4 is 18.0 Å². The van der Waals surface area contributed by atoms with Crippen molar-refractivity contribution in [1.29, 1.82) is 0 Å². The van der Waals surface area contributed by atoms with Crippen molar-refractivity contribution in [2.45, 2.75) is 18.9 Å². The Morgan fingerprint density at radius 1 is 1.08 bits per heavy atom. The highest BCUT2D eigenvalue weighted by Crippen LogP contribution is 2.29. The number of amides is 1.